The zero-order chi connectivity index (χ0) is 20.8. The molecular formula is C25H22N2O3. The number of pyridine rings is 1. The molecule has 0 aliphatic carbocycles. The molecule has 2 heterocycles. The summed E-state index contributed by atoms with van der Waals surface area (Å²) in [5.41, 5.74) is 3.12. The van der Waals surface area contributed by atoms with E-state index in [2.05, 4.69) is 16.9 Å². The van der Waals surface area contributed by atoms with Crippen LogP contribution in [-0.4, -0.2) is 22.4 Å². The topological polar surface area (TPSA) is 65.2 Å². The van der Waals surface area contributed by atoms with Crippen molar-refractivity contribution in [2.24, 2.45) is 0 Å². The van der Waals surface area contributed by atoms with E-state index in [0.717, 1.165) is 24.2 Å². The van der Waals surface area contributed by atoms with Crippen molar-refractivity contribution in [2.45, 2.75) is 19.8 Å². The molecule has 0 radical (unpaired) electrons. The van der Waals surface area contributed by atoms with E-state index in [1.165, 1.54) is 0 Å². The lowest BCUT2D eigenvalue weighted by molar-refractivity contribution is 0.105. The number of oxazole rings is 1. The van der Waals surface area contributed by atoms with Gasteiger partial charge in [0.1, 0.15) is 11.3 Å². The van der Waals surface area contributed by atoms with E-state index >= 15 is 0 Å². The number of rotatable bonds is 8. The Hall–Kier alpha value is -3.73. The largest absolute Gasteiger partial charge is 0.494 e. The molecule has 0 fully saturated rings. The molecule has 0 bridgehead atoms. The fourth-order valence-electron chi connectivity index (χ4n) is 3.03. The number of unbranched alkanes of at least 4 members (excludes halogenated alkanes) is 1. The van der Waals surface area contributed by atoms with Gasteiger partial charge in [-0.2, -0.15) is 0 Å². The molecule has 30 heavy (non-hydrogen) atoms. The minimum atomic E-state index is -0.168. The second-order valence-electron chi connectivity index (χ2n) is 6.88. The molecule has 0 spiro atoms. The van der Waals surface area contributed by atoms with Crippen LogP contribution in [0.5, 0.6) is 5.75 Å². The number of carbonyl (C=O) groups is 1. The van der Waals surface area contributed by atoms with Crippen LogP contribution in [0.1, 0.15) is 41.6 Å². The van der Waals surface area contributed by atoms with Crippen LogP contribution >= 0.6 is 0 Å². The van der Waals surface area contributed by atoms with Gasteiger partial charge in [-0.25, -0.2) is 4.98 Å². The minimum absolute atomic E-state index is 0.168. The summed E-state index contributed by atoms with van der Waals surface area (Å²) in [4.78, 5) is 21.9. The molecule has 0 atom stereocenters. The van der Waals surface area contributed by atoms with Gasteiger partial charge in [-0.15, -0.1) is 0 Å². The fourth-order valence-corrected chi connectivity index (χ4v) is 3.03. The minimum Gasteiger partial charge on any atom is -0.494 e. The molecule has 2 aromatic heterocycles. The number of ether oxygens (including phenoxy) is 1. The van der Waals surface area contributed by atoms with Gasteiger partial charge in [0.2, 0.25) is 5.89 Å². The molecule has 0 saturated carbocycles. The first-order valence-electron chi connectivity index (χ1n) is 10.00. The lowest BCUT2D eigenvalue weighted by Crippen LogP contribution is -2.04. The van der Waals surface area contributed by atoms with E-state index in [9.17, 15) is 4.79 Å². The quantitative estimate of drug-likeness (QED) is 0.212. The van der Waals surface area contributed by atoms with E-state index in [0.29, 0.717) is 34.7 Å². The molecule has 0 aliphatic heterocycles. The van der Waals surface area contributed by atoms with Crippen molar-refractivity contribution >= 4 is 28.5 Å². The summed E-state index contributed by atoms with van der Waals surface area (Å²) in [6, 6.07) is 18.3. The number of nitrogens with zero attached hydrogens (tertiary/aromatic N) is 2. The van der Waals surface area contributed by atoms with Crippen LogP contribution in [0.15, 0.2) is 77.5 Å². The summed E-state index contributed by atoms with van der Waals surface area (Å²) in [6.07, 6.45) is 7.21. The third-order valence-electron chi connectivity index (χ3n) is 4.67. The van der Waals surface area contributed by atoms with Gasteiger partial charge in [0, 0.05) is 18.0 Å². The van der Waals surface area contributed by atoms with Gasteiger partial charge < -0.3 is 9.15 Å². The molecule has 0 unspecified atom stereocenters. The molecule has 150 valence electrons. The number of hydrogen-bond donors (Lipinski definition) is 0. The number of ketones is 1. The number of aromatic nitrogens is 2. The predicted octanol–water partition coefficient (Wildman–Crippen LogP) is 5.83. The Labute approximate surface area is 175 Å². The highest BCUT2D eigenvalue weighted by molar-refractivity contribution is 6.31. The van der Waals surface area contributed by atoms with Crippen LogP contribution in [0.25, 0.3) is 22.7 Å². The first-order chi connectivity index (χ1) is 14.7. The van der Waals surface area contributed by atoms with E-state index < -0.39 is 0 Å². The zero-order valence-corrected chi connectivity index (χ0v) is 16.7. The van der Waals surface area contributed by atoms with Crippen LogP contribution < -0.4 is 4.74 Å². The van der Waals surface area contributed by atoms with Crippen molar-refractivity contribution in [2.75, 3.05) is 6.61 Å². The summed E-state index contributed by atoms with van der Waals surface area (Å²) in [5.74, 6) is 0.876. The van der Waals surface area contributed by atoms with Crippen molar-refractivity contribution < 1.29 is 13.9 Å². The van der Waals surface area contributed by atoms with Crippen molar-refractivity contribution in [1.82, 2.24) is 9.97 Å². The predicted molar refractivity (Wildman–Crippen MR) is 117 cm³/mol. The second kappa shape index (κ2) is 9.18. The van der Waals surface area contributed by atoms with Gasteiger partial charge in [-0.3, -0.25) is 9.78 Å². The highest BCUT2D eigenvalue weighted by atomic mass is 16.5. The highest BCUT2D eigenvalue weighted by Crippen LogP contribution is 2.26. The van der Waals surface area contributed by atoms with Gasteiger partial charge in [-0.05, 0) is 66.6 Å². The molecule has 0 N–H and O–H groups in total. The molecule has 0 aliphatic rings. The van der Waals surface area contributed by atoms with E-state index in [1.54, 1.807) is 30.6 Å². The molecule has 4 aromatic rings. The average molecular weight is 398 g/mol. The summed E-state index contributed by atoms with van der Waals surface area (Å²) >= 11 is 0. The van der Waals surface area contributed by atoms with Crippen LogP contribution in [0.3, 0.4) is 0 Å². The second-order valence-corrected chi connectivity index (χ2v) is 6.88. The number of carbonyl (C=O) groups excluding carboxylic acids is 1. The third-order valence-corrected chi connectivity index (χ3v) is 4.67. The Bertz CT molecular complexity index is 1130. The monoisotopic (exact) mass is 398 g/mol. The van der Waals surface area contributed by atoms with Crippen molar-refractivity contribution in [3.63, 3.8) is 0 Å². The first kappa shape index (κ1) is 19.6. The molecule has 2 aromatic carbocycles. The molecule has 0 amide bonds. The fraction of sp³-hybridized carbons (Fsp3) is 0.160. The maximum absolute atomic E-state index is 13.4. The Morgan fingerprint density at radius 1 is 1.03 bits per heavy atom. The summed E-state index contributed by atoms with van der Waals surface area (Å²) in [7, 11) is 0. The lowest BCUT2D eigenvalue weighted by Gasteiger charge is -2.07. The summed E-state index contributed by atoms with van der Waals surface area (Å²) in [6.45, 7) is 2.79. The number of fused-ring (bicyclic) bond motifs is 1. The Morgan fingerprint density at radius 2 is 1.80 bits per heavy atom. The molecule has 0 saturated heterocycles. The van der Waals surface area contributed by atoms with E-state index in [4.69, 9.17) is 9.15 Å². The molecule has 4 rings (SSSR count). The summed E-state index contributed by atoms with van der Waals surface area (Å²) < 4.78 is 11.6. The van der Waals surface area contributed by atoms with Crippen molar-refractivity contribution in [3.8, 4) is 5.75 Å². The number of para-hydroxylation sites is 2. The highest BCUT2D eigenvalue weighted by Gasteiger charge is 2.20. The first-order valence-corrected chi connectivity index (χ1v) is 10.00. The molecule has 5 heteroatoms. The smallest absolute Gasteiger partial charge is 0.231 e. The standard InChI is InChI=1S/C25H22N2O3/c1-2-3-16-29-20-10-8-19(9-11-20)24(28)21(17-18-12-14-26-15-13-18)25-27-22-6-4-5-7-23(22)30-25/h4-15,17H,2-3,16H2,1H3. The third kappa shape index (κ3) is 4.46. The SMILES string of the molecule is CCCCOc1ccc(C(=O)C(=Cc2ccncc2)c2nc3ccccc3o2)cc1. The van der Waals surface area contributed by atoms with Gasteiger partial charge in [0.05, 0.1) is 12.2 Å². The number of allylic oxidation sites excluding steroid dienone is 1. The number of Topliss-reactive ketones (excluding diaryl/α,β-unsaturated/α-hetero) is 1. The van der Waals surface area contributed by atoms with Gasteiger partial charge in [0.15, 0.2) is 11.4 Å². The number of benzene rings is 2. The van der Waals surface area contributed by atoms with Gasteiger partial charge >= 0.3 is 0 Å². The molecular weight excluding hydrogens is 376 g/mol. The normalized spacial score (nSPS) is 11.6. The van der Waals surface area contributed by atoms with Crippen LogP contribution in [0.4, 0.5) is 0 Å². The zero-order valence-electron chi connectivity index (χ0n) is 16.7. The molecule has 5 nitrogen and oxygen atoms in total. The van der Waals surface area contributed by atoms with E-state index in [1.807, 2.05) is 48.5 Å². The lowest BCUT2D eigenvalue weighted by atomic mass is 10.0. The Morgan fingerprint density at radius 3 is 2.53 bits per heavy atom. The van der Waals surface area contributed by atoms with Gasteiger partial charge in [0.25, 0.3) is 0 Å². The van der Waals surface area contributed by atoms with E-state index in [-0.39, 0.29) is 5.78 Å². The maximum atomic E-state index is 13.4. The van der Waals surface area contributed by atoms with Crippen LogP contribution in [-0.2, 0) is 0 Å². The Kier molecular flexibility index (Phi) is 5.99. The van der Waals surface area contributed by atoms with Crippen molar-refractivity contribution in [1.29, 1.82) is 0 Å². The van der Waals surface area contributed by atoms with Gasteiger partial charge in [-0.1, -0.05) is 25.5 Å². The Balaban J connectivity index is 1.68. The number of hydrogen-bond acceptors (Lipinski definition) is 5. The van der Waals surface area contributed by atoms with Crippen molar-refractivity contribution in [3.05, 3.63) is 90.1 Å². The maximum Gasteiger partial charge on any atom is 0.231 e. The summed E-state index contributed by atoms with van der Waals surface area (Å²) in [5, 5.41) is 0. The van der Waals surface area contributed by atoms with Crippen LogP contribution in [0.2, 0.25) is 0 Å². The average Bonchev–Trinajstić information content (AvgIpc) is 3.22. The van der Waals surface area contributed by atoms with Crippen LogP contribution in [0, 0.1) is 0 Å².